The van der Waals surface area contributed by atoms with Crippen LogP contribution in [0.5, 0.6) is 0 Å². The average molecular weight is 650 g/mol. The van der Waals surface area contributed by atoms with Crippen molar-refractivity contribution in [1.29, 1.82) is 0 Å². The predicted molar refractivity (Wildman–Crippen MR) is 161 cm³/mol. The molecule has 0 aliphatic heterocycles. The van der Waals surface area contributed by atoms with Crippen LogP contribution in [-0.2, 0) is 35.2 Å². The number of esters is 1. The molecule has 0 aliphatic carbocycles. The van der Waals surface area contributed by atoms with E-state index in [4.69, 9.17) is 18.8 Å². The number of halogens is 3. The van der Waals surface area contributed by atoms with Crippen LogP contribution in [0.2, 0.25) is 0 Å². The van der Waals surface area contributed by atoms with E-state index in [9.17, 15) is 9.36 Å². The Balaban J connectivity index is 2.07. The molecule has 3 aromatic carbocycles. The lowest BCUT2D eigenvalue weighted by Crippen LogP contribution is -2.33. The van der Waals surface area contributed by atoms with E-state index < -0.39 is 36.4 Å². The maximum atomic E-state index is 15.5. The van der Waals surface area contributed by atoms with Crippen molar-refractivity contribution in [3.63, 3.8) is 0 Å². The Morgan fingerprint density at radius 3 is 1.85 bits per heavy atom. The van der Waals surface area contributed by atoms with E-state index in [0.29, 0.717) is 11.3 Å². The summed E-state index contributed by atoms with van der Waals surface area (Å²) in [5.74, 6) is -0.551. The van der Waals surface area contributed by atoms with Gasteiger partial charge in [0.05, 0.1) is 18.9 Å². The fourth-order valence-electron chi connectivity index (χ4n) is 4.05. The lowest BCUT2D eigenvalue weighted by Gasteiger charge is -2.27. The second kappa shape index (κ2) is 14.0. The van der Waals surface area contributed by atoms with Crippen molar-refractivity contribution in [2.75, 3.05) is 13.2 Å². The van der Waals surface area contributed by atoms with Gasteiger partial charge in [0.15, 0.2) is 6.04 Å². The molecule has 10 heteroatoms. The molecule has 0 bridgehead atoms. The Morgan fingerprint density at radius 1 is 0.902 bits per heavy atom. The van der Waals surface area contributed by atoms with Crippen LogP contribution < -0.4 is 0 Å². The summed E-state index contributed by atoms with van der Waals surface area (Å²) in [6.45, 7) is 7.83. The van der Waals surface area contributed by atoms with Crippen LogP contribution in [0.25, 0.3) is 0 Å². The number of aliphatic imine (C=N–C) groups is 1. The fourth-order valence-corrected chi connectivity index (χ4v) is 6.45. The van der Waals surface area contributed by atoms with Gasteiger partial charge in [-0.2, -0.15) is 8.78 Å². The fraction of sp³-hybridized carbons (Fsp3) is 0.355. The first-order chi connectivity index (χ1) is 19.3. The number of carbonyl (C=O) groups excluding carboxylic acids is 1. The topological polar surface area (TPSA) is 74.2 Å². The van der Waals surface area contributed by atoms with Crippen molar-refractivity contribution >= 4 is 35.2 Å². The van der Waals surface area contributed by atoms with E-state index in [1.54, 1.807) is 20.8 Å². The Morgan fingerprint density at radius 2 is 1.41 bits per heavy atom. The molecule has 0 saturated carbocycles. The third kappa shape index (κ3) is 8.41. The molecule has 0 fully saturated rings. The molecule has 0 N–H and O–H groups in total. The van der Waals surface area contributed by atoms with Crippen LogP contribution in [0.4, 0.5) is 8.78 Å². The van der Waals surface area contributed by atoms with Gasteiger partial charge in [-0.05, 0) is 46.2 Å². The summed E-state index contributed by atoms with van der Waals surface area (Å²) in [5, 5.41) is 0. The van der Waals surface area contributed by atoms with Crippen molar-refractivity contribution < 1.29 is 31.9 Å². The summed E-state index contributed by atoms with van der Waals surface area (Å²) in [4.78, 5) is 18.3. The summed E-state index contributed by atoms with van der Waals surface area (Å²) >= 11 is 3.21. The minimum Gasteiger partial charge on any atom is -0.458 e. The van der Waals surface area contributed by atoms with E-state index in [2.05, 4.69) is 15.9 Å². The Kier molecular flexibility index (Phi) is 11.2. The maximum absolute atomic E-state index is 15.5. The largest absolute Gasteiger partial charge is 0.458 e. The highest BCUT2D eigenvalue weighted by molar-refractivity contribution is 9.10. The van der Waals surface area contributed by atoms with Crippen LogP contribution in [0, 0.1) is 0 Å². The normalized spacial score (nSPS) is 13.0. The van der Waals surface area contributed by atoms with Crippen molar-refractivity contribution in [3.8, 4) is 0 Å². The van der Waals surface area contributed by atoms with E-state index >= 15 is 8.78 Å². The smallest absolute Gasteiger partial charge is 0.404 e. The minimum absolute atomic E-state index is 0.00195. The molecular weight excluding hydrogens is 615 g/mol. The van der Waals surface area contributed by atoms with Crippen LogP contribution in [0.3, 0.4) is 0 Å². The number of nitrogens with zero attached hydrogens (tertiary/aromatic N) is 1. The number of carbonyl (C=O) groups is 1. The average Bonchev–Trinajstić information content (AvgIpc) is 2.91. The Hall–Kier alpha value is -2.71. The molecule has 6 nitrogen and oxygen atoms in total. The van der Waals surface area contributed by atoms with Crippen molar-refractivity contribution in [2.45, 2.75) is 58.3 Å². The lowest BCUT2D eigenvalue weighted by molar-refractivity contribution is -0.156. The number of hydrogen-bond acceptors (Lipinski definition) is 6. The summed E-state index contributed by atoms with van der Waals surface area (Å²) in [5.41, 5.74) is -2.46. The summed E-state index contributed by atoms with van der Waals surface area (Å²) < 4.78 is 59.4. The van der Waals surface area contributed by atoms with Gasteiger partial charge < -0.3 is 13.8 Å². The highest BCUT2D eigenvalue weighted by Crippen LogP contribution is 2.67. The first-order valence-corrected chi connectivity index (χ1v) is 15.6. The first-order valence-electron chi connectivity index (χ1n) is 13.3. The molecule has 0 heterocycles. The number of alkyl halides is 2. The van der Waals surface area contributed by atoms with Gasteiger partial charge in [-0.3, -0.25) is 9.56 Å². The molecular formula is C31H35BrF2NO5P. The minimum atomic E-state index is -4.80. The molecule has 0 radical (unpaired) electrons. The van der Waals surface area contributed by atoms with E-state index in [1.807, 2.05) is 60.7 Å². The van der Waals surface area contributed by atoms with E-state index in [1.165, 1.54) is 26.0 Å². The van der Waals surface area contributed by atoms with Crippen LogP contribution in [-0.4, -0.2) is 36.5 Å². The number of hydrogen-bond donors (Lipinski definition) is 0. The van der Waals surface area contributed by atoms with Gasteiger partial charge in [-0.25, -0.2) is 4.79 Å². The second-order valence-electron chi connectivity index (χ2n) is 10.2. The Bertz CT molecular complexity index is 1340. The number of benzene rings is 3. The molecule has 220 valence electrons. The lowest BCUT2D eigenvalue weighted by atomic mass is 10.00. The predicted octanol–water partition coefficient (Wildman–Crippen LogP) is 8.55. The molecule has 3 rings (SSSR count). The van der Waals surface area contributed by atoms with E-state index in [-0.39, 0.29) is 24.1 Å². The quantitative estimate of drug-likeness (QED) is 0.112. The molecule has 1 atom stereocenters. The van der Waals surface area contributed by atoms with Crippen molar-refractivity contribution in [2.24, 2.45) is 4.99 Å². The van der Waals surface area contributed by atoms with Gasteiger partial charge in [0.1, 0.15) is 5.60 Å². The van der Waals surface area contributed by atoms with E-state index in [0.717, 1.165) is 17.2 Å². The van der Waals surface area contributed by atoms with Crippen LogP contribution in [0.1, 0.15) is 56.9 Å². The highest BCUT2D eigenvalue weighted by Gasteiger charge is 2.55. The van der Waals surface area contributed by atoms with Crippen LogP contribution >= 0.6 is 23.5 Å². The summed E-state index contributed by atoms with van der Waals surface area (Å²) in [6, 6.07) is 22.0. The third-order valence-electron chi connectivity index (χ3n) is 5.79. The molecule has 0 aromatic heterocycles. The zero-order valence-corrected chi connectivity index (χ0v) is 26.3. The molecule has 1 unspecified atom stereocenters. The molecule has 0 saturated heterocycles. The second-order valence-corrected chi connectivity index (χ2v) is 13.1. The zero-order chi connectivity index (χ0) is 30.3. The van der Waals surface area contributed by atoms with Gasteiger partial charge in [-0.1, -0.05) is 88.7 Å². The van der Waals surface area contributed by atoms with Gasteiger partial charge >= 0.3 is 19.2 Å². The number of rotatable bonds is 12. The monoisotopic (exact) mass is 649 g/mol. The van der Waals surface area contributed by atoms with Gasteiger partial charge in [0.25, 0.3) is 0 Å². The maximum Gasteiger partial charge on any atom is 0.404 e. The standard InChI is InChI=1S/C31H35BrF2NO5P/c1-6-38-41(37,39-7-2)31(33,34)25-19-18-22(20-26(25)32)21-27(29(36)40-30(3,4)5)35-28(23-14-10-8-11-15-23)24-16-12-9-13-17-24/h8-20,27H,6-7,21H2,1-5H3. The van der Waals surface area contributed by atoms with Gasteiger partial charge in [0.2, 0.25) is 0 Å². The molecule has 0 amide bonds. The number of ether oxygens (including phenoxy) is 1. The molecule has 0 aliphatic rings. The van der Waals surface area contributed by atoms with Crippen molar-refractivity contribution in [3.05, 3.63) is 106 Å². The van der Waals surface area contributed by atoms with Gasteiger partial charge in [0, 0.05) is 27.6 Å². The SMILES string of the molecule is CCOP(=O)(OCC)C(F)(F)c1ccc(CC(N=C(c2ccccc2)c2ccccc2)C(=O)OC(C)(C)C)cc1Br. The van der Waals surface area contributed by atoms with Crippen LogP contribution in [0.15, 0.2) is 88.3 Å². The summed E-state index contributed by atoms with van der Waals surface area (Å²) in [6.07, 6.45) is 0.0666. The molecule has 0 spiro atoms. The first kappa shape index (κ1) is 32.8. The zero-order valence-electron chi connectivity index (χ0n) is 23.8. The Labute approximate surface area is 248 Å². The highest BCUT2D eigenvalue weighted by atomic mass is 79.9. The molecule has 41 heavy (non-hydrogen) atoms. The molecule has 3 aromatic rings. The summed E-state index contributed by atoms with van der Waals surface area (Å²) in [7, 11) is -4.80. The third-order valence-corrected chi connectivity index (χ3v) is 8.57. The van der Waals surface area contributed by atoms with Crippen molar-refractivity contribution in [1.82, 2.24) is 0 Å². The van der Waals surface area contributed by atoms with Gasteiger partial charge in [-0.15, -0.1) is 0 Å².